The molecule has 0 radical (unpaired) electrons. The van der Waals surface area contributed by atoms with Crippen molar-refractivity contribution in [2.45, 2.75) is 9.79 Å². The molecule has 0 aliphatic rings. The molecule has 0 bridgehead atoms. The highest BCUT2D eigenvalue weighted by molar-refractivity contribution is 7.99. The molecule has 0 heterocycles. The molecule has 2 aromatic carbocycles. The van der Waals surface area contributed by atoms with Crippen LogP contribution in [0.5, 0.6) is 0 Å². The Labute approximate surface area is 186 Å². The summed E-state index contributed by atoms with van der Waals surface area (Å²) < 4.78 is 9.69. The summed E-state index contributed by atoms with van der Waals surface area (Å²) in [5.74, 6) is -1.81. The van der Waals surface area contributed by atoms with E-state index < -0.39 is 29.4 Å². The minimum Gasteiger partial charge on any atom is -0.452 e. The average Bonchev–Trinajstić information content (AvgIpc) is 2.74. The van der Waals surface area contributed by atoms with Gasteiger partial charge in [0.15, 0.2) is 6.61 Å². The Morgan fingerprint density at radius 2 is 1.87 bits per heavy atom. The lowest BCUT2D eigenvalue weighted by atomic mass is 10.2. The molecule has 2 N–H and O–H groups in total. The topological polar surface area (TPSA) is 137 Å². The summed E-state index contributed by atoms with van der Waals surface area (Å²) in [6.45, 7) is -0.296. The number of hydrogen-bond donors (Lipinski definition) is 2. The van der Waals surface area contributed by atoms with Crippen LogP contribution in [0.25, 0.3) is 0 Å². The first kappa shape index (κ1) is 24.1. The number of non-ortho nitro benzene ring substituents is 1. The smallest absolute Gasteiger partial charge is 0.340 e. The van der Waals surface area contributed by atoms with E-state index in [1.165, 1.54) is 31.0 Å². The summed E-state index contributed by atoms with van der Waals surface area (Å²) >= 11 is 7.03. The molecule has 0 aliphatic heterocycles. The first-order valence-corrected chi connectivity index (χ1v) is 9.95. The zero-order chi connectivity index (χ0) is 22.8. The Morgan fingerprint density at radius 1 is 1.16 bits per heavy atom. The fourth-order valence-corrected chi connectivity index (χ4v) is 3.23. The number of nitro benzene ring substituents is 1. The lowest BCUT2D eigenvalue weighted by molar-refractivity contribution is -0.384. The van der Waals surface area contributed by atoms with Gasteiger partial charge >= 0.3 is 12.0 Å². The summed E-state index contributed by atoms with van der Waals surface area (Å²) in [6.07, 6.45) is 0. The van der Waals surface area contributed by atoms with Crippen molar-refractivity contribution < 1.29 is 28.8 Å². The van der Waals surface area contributed by atoms with Crippen molar-refractivity contribution in [3.05, 3.63) is 63.2 Å². The molecule has 0 atom stereocenters. The molecule has 164 valence electrons. The molecule has 0 saturated heterocycles. The number of urea groups is 1. The highest BCUT2D eigenvalue weighted by atomic mass is 35.5. The standard InChI is InChI=1S/C19H18ClN3O7S/c1-29-9-8-21-19(26)22-17(24)11-30-18(25)15-10-13(23(27)28)4-7-16(15)31-14-5-2-12(20)3-6-14/h2-7,10H,8-9,11H2,1H3,(H2,21,22,24,26). The van der Waals surface area contributed by atoms with Crippen LogP contribution in [0.4, 0.5) is 10.5 Å². The lowest BCUT2D eigenvalue weighted by Gasteiger charge is -2.10. The second kappa shape index (κ2) is 11.9. The van der Waals surface area contributed by atoms with Gasteiger partial charge < -0.3 is 14.8 Å². The predicted molar refractivity (Wildman–Crippen MR) is 112 cm³/mol. The molecule has 3 amide bonds. The first-order valence-electron chi connectivity index (χ1n) is 8.75. The quantitative estimate of drug-likeness (QED) is 0.248. The number of nitro groups is 1. The molecule has 31 heavy (non-hydrogen) atoms. The number of amides is 3. The zero-order valence-electron chi connectivity index (χ0n) is 16.3. The zero-order valence-corrected chi connectivity index (χ0v) is 17.8. The fraction of sp³-hybridized carbons (Fsp3) is 0.211. The largest absolute Gasteiger partial charge is 0.452 e. The summed E-state index contributed by atoms with van der Waals surface area (Å²) in [5, 5.41) is 16.0. The van der Waals surface area contributed by atoms with Gasteiger partial charge in [0.25, 0.3) is 11.6 Å². The number of benzene rings is 2. The summed E-state index contributed by atoms with van der Waals surface area (Å²) in [4.78, 5) is 47.4. The van der Waals surface area contributed by atoms with Gasteiger partial charge in [0.2, 0.25) is 0 Å². The van der Waals surface area contributed by atoms with Crippen LogP contribution in [-0.2, 0) is 14.3 Å². The van der Waals surface area contributed by atoms with Crippen molar-refractivity contribution in [2.24, 2.45) is 0 Å². The SMILES string of the molecule is COCCNC(=O)NC(=O)COC(=O)c1cc([N+](=O)[O-])ccc1Sc1ccc(Cl)cc1. The number of methoxy groups -OCH3 is 1. The monoisotopic (exact) mass is 467 g/mol. The summed E-state index contributed by atoms with van der Waals surface area (Å²) in [6, 6.07) is 9.73. The third-order valence-corrected chi connectivity index (χ3v) is 4.95. The minimum absolute atomic E-state index is 0.0912. The number of rotatable bonds is 9. The summed E-state index contributed by atoms with van der Waals surface area (Å²) in [7, 11) is 1.46. The molecule has 10 nitrogen and oxygen atoms in total. The number of nitrogens with one attached hydrogen (secondary N) is 2. The highest BCUT2D eigenvalue weighted by Gasteiger charge is 2.20. The lowest BCUT2D eigenvalue weighted by Crippen LogP contribution is -2.42. The van der Waals surface area contributed by atoms with Crippen LogP contribution < -0.4 is 10.6 Å². The molecular weight excluding hydrogens is 450 g/mol. The van der Waals surface area contributed by atoms with Crippen molar-refractivity contribution in [1.82, 2.24) is 10.6 Å². The van der Waals surface area contributed by atoms with E-state index in [4.69, 9.17) is 21.1 Å². The van der Waals surface area contributed by atoms with Gasteiger partial charge in [0.1, 0.15) is 0 Å². The number of nitrogens with zero attached hydrogens (tertiary/aromatic N) is 1. The van der Waals surface area contributed by atoms with Crippen molar-refractivity contribution in [3.8, 4) is 0 Å². The van der Waals surface area contributed by atoms with Crippen LogP contribution in [0.1, 0.15) is 10.4 Å². The number of carbonyl (C=O) groups is 3. The van der Waals surface area contributed by atoms with Crippen LogP contribution in [0.15, 0.2) is 52.3 Å². The Kier molecular flexibility index (Phi) is 9.25. The maximum atomic E-state index is 12.5. The fourth-order valence-electron chi connectivity index (χ4n) is 2.19. The van der Waals surface area contributed by atoms with E-state index in [-0.39, 0.29) is 24.4 Å². The maximum absolute atomic E-state index is 12.5. The van der Waals surface area contributed by atoms with Crippen LogP contribution in [0.3, 0.4) is 0 Å². The molecule has 12 heteroatoms. The molecule has 0 saturated carbocycles. The van der Waals surface area contributed by atoms with Crippen LogP contribution in [0.2, 0.25) is 5.02 Å². The second-order valence-electron chi connectivity index (χ2n) is 5.87. The minimum atomic E-state index is -0.949. The van der Waals surface area contributed by atoms with E-state index in [1.807, 2.05) is 5.32 Å². The number of imide groups is 1. The second-order valence-corrected chi connectivity index (χ2v) is 7.42. The Morgan fingerprint density at radius 3 is 2.52 bits per heavy atom. The molecular formula is C19H18ClN3O7S. The van der Waals surface area contributed by atoms with E-state index in [0.29, 0.717) is 9.92 Å². The van der Waals surface area contributed by atoms with E-state index in [9.17, 15) is 24.5 Å². The molecule has 0 aromatic heterocycles. The highest BCUT2D eigenvalue weighted by Crippen LogP contribution is 2.33. The number of halogens is 1. The van der Waals surface area contributed by atoms with Gasteiger partial charge in [-0.15, -0.1) is 0 Å². The van der Waals surface area contributed by atoms with Crippen molar-refractivity contribution in [2.75, 3.05) is 26.9 Å². The number of ether oxygens (including phenoxy) is 2. The Bertz CT molecular complexity index is 969. The number of esters is 1. The molecule has 0 fully saturated rings. The van der Waals surface area contributed by atoms with E-state index in [0.717, 1.165) is 11.0 Å². The van der Waals surface area contributed by atoms with E-state index >= 15 is 0 Å². The molecule has 0 aliphatic carbocycles. The number of carbonyl (C=O) groups excluding carboxylic acids is 3. The van der Waals surface area contributed by atoms with Gasteiger partial charge in [-0.05, 0) is 30.3 Å². The third-order valence-electron chi connectivity index (χ3n) is 3.61. The van der Waals surface area contributed by atoms with Gasteiger partial charge in [0.05, 0.1) is 17.1 Å². The van der Waals surface area contributed by atoms with Crippen LogP contribution in [0, 0.1) is 10.1 Å². The molecule has 2 aromatic rings. The maximum Gasteiger partial charge on any atom is 0.340 e. The van der Waals surface area contributed by atoms with E-state index in [2.05, 4.69) is 5.32 Å². The third kappa shape index (κ3) is 7.89. The van der Waals surface area contributed by atoms with Crippen LogP contribution >= 0.6 is 23.4 Å². The van der Waals surface area contributed by atoms with Crippen LogP contribution in [-0.4, -0.2) is 49.7 Å². The van der Waals surface area contributed by atoms with Gasteiger partial charge in [0, 0.05) is 40.6 Å². The molecule has 0 unspecified atom stereocenters. The van der Waals surface area contributed by atoms with Gasteiger partial charge in [-0.25, -0.2) is 9.59 Å². The Balaban J connectivity index is 2.07. The average molecular weight is 468 g/mol. The normalized spacial score (nSPS) is 10.3. The predicted octanol–water partition coefficient (Wildman–Crippen LogP) is 3.03. The van der Waals surface area contributed by atoms with Crippen molar-refractivity contribution in [3.63, 3.8) is 0 Å². The Hall–Kier alpha value is -3.15. The van der Waals surface area contributed by atoms with Crippen molar-refractivity contribution in [1.29, 1.82) is 0 Å². The van der Waals surface area contributed by atoms with Gasteiger partial charge in [-0.2, -0.15) is 0 Å². The molecule has 0 spiro atoms. The summed E-state index contributed by atoms with van der Waals surface area (Å²) in [5.41, 5.74) is -0.402. The van der Waals surface area contributed by atoms with Gasteiger partial charge in [-0.1, -0.05) is 23.4 Å². The van der Waals surface area contributed by atoms with Gasteiger partial charge in [-0.3, -0.25) is 20.2 Å². The number of hydrogen-bond acceptors (Lipinski definition) is 8. The van der Waals surface area contributed by atoms with E-state index in [1.54, 1.807) is 24.3 Å². The first-order chi connectivity index (χ1) is 14.8. The molecule has 2 rings (SSSR count). The van der Waals surface area contributed by atoms with Crippen molar-refractivity contribution >= 4 is 47.0 Å².